The van der Waals surface area contributed by atoms with Crippen molar-refractivity contribution in [2.24, 2.45) is 0 Å². The van der Waals surface area contributed by atoms with E-state index in [-0.39, 0.29) is 11.3 Å². The van der Waals surface area contributed by atoms with Gasteiger partial charge in [-0.05, 0) is 60.4 Å². The Kier molecular flexibility index (Phi) is 4.73. The Bertz CT molecular complexity index is 1140. The van der Waals surface area contributed by atoms with Gasteiger partial charge in [0, 0.05) is 11.6 Å². The van der Waals surface area contributed by atoms with Crippen molar-refractivity contribution >= 4 is 34.2 Å². The average Bonchev–Trinajstić information content (AvgIpc) is 2.70. The Labute approximate surface area is 166 Å². The summed E-state index contributed by atoms with van der Waals surface area (Å²) in [5.41, 5.74) is 2.26. The Hall–Kier alpha value is -2.99. The topological polar surface area (TPSA) is 73.6 Å². The standard InChI is InChI=1S/C21H19ClN2O4/c1-27-17-9-12(10-18(28-2)19(17)25)8-13-4-3-7-24-20(13)23-16-6-5-14(22)11-15(16)21(24)26/h5-6,8-11,25H,3-4,7H2,1-2H3/b13-8+. The lowest BCUT2D eigenvalue weighted by Crippen LogP contribution is -2.27. The van der Waals surface area contributed by atoms with Gasteiger partial charge in [-0.1, -0.05) is 11.6 Å². The fraction of sp³-hybridized carbons (Fsp3) is 0.238. The monoisotopic (exact) mass is 398 g/mol. The molecular formula is C21H19ClN2O4. The van der Waals surface area contributed by atoms with Crippen molar-refractivity contribution in [3.05, 3.63) is 57.1 Å². The summed E-state index contributed by atoms with van der Waals surface area (Å²) in [6.07, 6.45) is 3.57. The van der Waals surface area contributed by atoms with Gasteiger partial charge in [0.25, 0.3) is 5.56 Å². The first kappa shape index (κ1) is 18.4. The number of phenolic OH excluding ortho intramolecular Hbond substituents is 1. The maximum Gasteiger partial charge on any atom is 0.261 e. The Balaban J connectivity index is 1.90. The third-order valence-electron chi connectivity index (χ3n) is 4.87. The van der Waals surface area contributed by atoms with Crippen LogP contribution >= 0.6 is 11.6 Å². The minimum atomic E-state index is -0.0889. The molecule has 1 aliphatic rings. The third-order valence-corrected chi connectivity index (χ3v) is 5.11. The van der Waals surface area contributed by atoms with Crippen LogP contribution in [0.2, 0.25) is 5.02 Å². The molecule has 0 atom stereocenters. The molecule has 144 valence electrons. The summed E-state index contributed by atoms with van der Waals surface area (Å²) in [4.78, 5) is 17.7. The fourth-order valence-corrected chi connectivity index (χ4v) is 3.69. The molecule has 2 heterocycles. The lowest BCUT2D eigenvalue weighted by molar-refractivity contribution is 0.340. The molecule has 0 spiro atoms. The summed E-state index contributed by atoms with van der Waals surface area (Å²) in [6, 6.07) is 8.60. The van der Waals surface area contributed by atoms with Crippen molar-refractivity contribution in [1.82, 2.24) is 9.55 Å². The van der Waals surface area contributed by atoms with Crippen LogP contribution in [0.15, 0.2) is 35.1 Å². The van der Waals surface area contributed by atoms with Gasteiger partial charge in [0.15, 0.2) is 11.5 Å². The van der Waals surface area contributed by atoms with E-state index in [1.54, 1.807) is 34.9 Å². The van der Waals surface area contributed by atoms with Crippen molar-refractivity contribution in [3.63, 3.8) is 0 Å². The smallest absolute Gasteiger partial charge is 0.261 e. The van der Waals surface area contributed by atoms with Gasteiger partial charge in [0.05, 0.1) is 25.1 Å². The second-order valence-electron chi connectivity index (χ2n) is 6.60. The molecule has 1 aromatic heterocycles. The molecule has 0 saturated heterocycles. The molecule has 7 heteroatoms. The van der Waals surface area contributed by atoms with E-state index in [2.05, 4.69) is 0 Å². The van der Waals surface area contributed by atoms with Gasteiger partial charge in [-0.15, -0.1) is 0 Å². The highest BCUT2D eigenvalue weighted by molar-refractivity contribution is 6.31. The highest BCUT2D eigenvalue weighted by atomic mass is 35.5. The molecule has 0 amide bonds. The summed E-state index contributed by atoms with van der Waals surface area (Å²) in [7, 11) is 2.97. The second kappa shape index (κ2) is 7.20. The summed E-state index contributed by atoms with van der Waals surface area (Å²) < 4.78 is 12.2. The minimum absolute atomic E-state index is 0.0478. The largest absolute Gasteiger partial charge is 0.502 e. The zero-order valence-corrected chi connectivity index (χ0v) is 16.3. The van der Waals surface area contributed by atoms with E-state index in [9.17, 15) is 9.90 Å². The van der Waals surface area contributed by atoms with Crippen LogP contribution in [0.3, 0.4) is 0 Å². The molecular weight excluding hydrogens is 380 g/mol. The van der Waals surface area contributed by atoms with Crippen LogP contribution in [0.25, 0.3) is 22.6 Å². The van der Waals surface area contributed by atoms with Crippen molar-refractivity contribution in [2.45, 2.75) is 19.4 Å². The molecule has 2 aromatic carbocycles. The van der Waals surface area contributed by atoms with Gasteiger partial charge in [0.1, 0.15) is 5.82 Å². The number of ether oxygens (including phenoxy) is 2. The predicted octanol–water partition coefficient (Wildman–Crippen LogP) is 4.11. The second-order valence-corrected chi connectivity index (χ2v) is 7.04. The van der Waals surface area contributed by atoms with Crippen molar-refractivity contribution in [3.8, 4) is 17.2 Å². The van der Waals surface area contributed by atoms with Gasteiger partial charge in [0.2, 0.25) is 5.75 Å². The number of aromatic nitrogens is 2. The normalized spacial score (nSPS) is 14.9. The number of allylic oxidation sites excluding steroid dienone is 1. The van der Waals surface area contributed by atoms with E-state index < -0.39 is 0 Å². The number of rotatable bonds is 3. The number of phenols is 1. The fourth-order valence-electron chi connectivity index (χ4n) is 3.52. The number of hydrogen-bond acceptors (Lipinski definition) is 5. The van der Waals surface area contributed by atoms with Gasteiger partial charge < -0.3 is 14.6 Å². The van der Waals surface area contributed by atoms with Crippen LogP contribution in [-0.2, 0) is 6.54 Å². The SMILES string of the molecule is COc1cc(/C=C2\CCCn3c2nc2ccc(Cl)cc2c3=O)cc(OC)c1O. The lowest BCUT2D eigenvalue weighted by atomic mass is 10.0. The van der Waals surface area contributed by atoms with Crippen molar-refractivity contribution < 1.29 is 14.6 Å². The highest BCUT2D eigenvalue weighted by Crippen LogP contribution is 2.38. The molecule has 1 N–H and O–H groups in total. The number of hydrogen-bond donors (Lipinski definition) is 1. The van der Waals surface area contributed by atoms with E-state index in [0.717, 1.165) is 24.0 Å². The first-order chi connectivity index (χ1) is 13.5. The number of benzene rings is 2. The Morgan fingerprint density at radius 2 is 1.89 bits per heavy atom. The molecule has 1 aliphatic heterocycles. The zero-order chi connectivity index (χ0) is 19.8. The van der Waals surface area contributed by atoms with E-state index in [1.165, 1.54) is 14.2 Å². The van der Waals surface area contributed by atoms with E-state index in [1.807, 2.05) is 6.08 Å². The van der Waals surface area contributed by atoms with Gasteiger partial charge in [-0.3, -0.25) is 9.36 Å². The highest BCUT2D eigenvalue weighted by Gasteiger charge is 2.20. The summed E-state index contributed by atoms with van der Waals surface area (Å²) in [5.74, 6) is 1.24. The van der Waals surface area contributed by atoms with Crippen LogP contribution in [0.1, 0.15) is 24.2 Å². The molecule has 28 heavy (non-hydrogen) atoms. The van der Waals surface area contributed by atoms with E-state index >= 15 is 0 Å². The maximum atomic E-state index is 12.9. The van der Waals surface area contributed by atoms with E-state index in [0.29, 0.717) is 39.8 Å². The molecule has 0 fully saturated rings. The molecule has 0 saturated carbocycles. The van der Waals surface area contributed by atoms with Crippen LogP contribution in [0, 0.1) is 0 Å². The first-order valence-corrected chi connectivity index (χ1v) is 9.25. The van der Waals surface area contributed by atoms with Crippen LogP contribution < -0.4 is 15.0 Å². The summed E-state index contributed by atoms with van der Waals surface area (Å²) in [6.45, 7) is 0.614. The lowest BCUT2D eigenvalue weighted by Gasteiger charge is -2.21. The minimum Gasteiger partial charge on any atom is -0.502 e. The summed E-state index contributed by atoms with van der Waals surface area (Å²) >= 11 is 6.05. The molecule has 3 aromatic rings. The van der Waals surface area contributed by atoms with Gasteiger partial charge in [-0.25, -0.2) is 4.98 Å². The molecule has 0 aliphatic carbocycles. The van der Waals surface area contributed by atoms with Crippen LogP contribution in [0.4, 0.5) is 0 Å². The van der Waals surface area contributed by atoms with Crippen molar-refractivity contribution in [2.75, 3.05) is 14.2 Å². The number of fused-ring (bicyclic) bond motifs is 2. The number of nitrogens with zero attached hydrogens (tertiary/aromatic N) is 2. The summed E-state index contributed by atoms with van der Waals surface area (Å²) in [5, 5.41) is 11.1. The Morgan fingerprint density at radius 3 is 2.57 bits per heavy atom. The number of halogens is 1. The van der Waals surface area contributed by atoms with Crippen LogP contribution in [0.5, 0.6) is 17.2 Å². The molecule has 0 bridgehead atoms. The first-order valence-electron chi connectivity index (χ1n) is 8.88. The Morgan fingerprint density at radius 1 is 1.18 bits per heavy atom. The van der Waals surface area contributed by atoms with Gasteiger partial charge >= 0.3 is 0 Å². The predicted molar refractivity (Wildman–Crippen MR) is 109 cm³/mol. The van der Waals surface area contributed by atoms with Crippen LogP contribution in [-0.4, -0.2) is 28.9 Å². The quantitative estimate of drug-likeness (QED) is 0.718. The molecule has 0 unspecified atom stereocenters. The molecule has 6 nitrogen and oxygen atoms in total. The average molecular weight is 399 g/mol. The third kappa shape index (κ3) is 3.10. The zero-order valence-electron chi connectivity index (χ0n) is 15.5. The molecule has 0 radical (unpaired) electrons. The van der Waals surface area contributed by atoms with E-state index in [4.69, 9.17) is 26.1 Å². The number of aromatic hydroxyl groups is 1. The number of methoxy groups -OCH3 is 2. The molecule has 4 rings (SSSR count). The maximum absolute atomic E-state index is 12.9. The van der Waals surface area contributed by atoms with Gasteiger partial charge in [-0.2, -0.15) is 0 Å². The van der Waals surface area contributed by atoms with Crippen molar-refractivity contribution in [1.29, 1.82) is 0 Å².